The minimum absolute atomic E-state index is 0.527. The van der Waals surface area contributed by atoms with E-state index >= 15 is 0 Å². The van der Waals surface area contributed by atoms with Gasteiger partial charge in [-0.25, -0.2) is 0 Å². The number of allylic oxidation sites excluding steroid dienone is 2. The van der Waals surface area contributed by atoms with Crippen LogP contribution < -0.4 is 0 Å². The van der Waals surface area contributed by atoms with Gasteiger partial charge in [0.15, 0.2) is 0 Å². The second kappa shape index (κ2) is 5.16. The van der Waals surface area contributed by atoms with Crippen molar-refractivity contribution in [3.05, 3.63) is 11.6 Å². The van der Waals surface area contributed by atoms with Crippen molar-refractivity contribution in [2.24, 2.45) is 23.2 Å². The van der Waals surface area contributed by atoms with Crippen molar-refractivity contribution in [3.63, 3.8) is 0 Å². The molecule has 0 aromatic rings. The zero-order valence-electron chi connectivity index (χ0n) is 12.3. The Balaban J connectivity index is 2.21. The summed E-state index contributed by atoms with van der Waals surface area (Å²) in [5.74, 6) is 2.74. The van der Waals surface area contributed by atoms with Crippen LogP contribution in [0.15, 0.2) is 11.6 Å². The third-order valence-corrected chi connectivity index (χ3v) is 5.61. The normalized spacial score (nSPS) is 41.9. The minimum Gasteiger partial charge on any atom is -0.0842 e. The lowest BCUT2D eigenvalue weighted by atomic mass is 9.56. The van der Waals surface area contributed by atoms with Gasteiger partial charge < -0.3 is 0 Å². The maximum atomic E-state index is 2.63. The van der Waals surface area contributed by atoms with Crippen LogP contribution in [-0.2, 0) is 0 Å². The van der Waals surface area contributed by atoms with E-state index in [1.165, 1.54) is 44.9 Å². The van der Waals surface area contributed by atoms with Gasteiger partial charge >= 0.3 is 0 Å². The summed E-state index contributed by atoms with van der Waals surface area (Å²) in [4.78, 5) is 0. The van der Waals surface area contributed by atoms with Crippen LogP contribution in [0.5, 0.6) is 0 Å². The first-order valence-electron chi connectivity index (χ1n) is 7.78. The molecule has 17 heavy (non-hydrogen) atoms. The molecular formula is C17H30. The fourth-order valence-electron chi connectivity index (χ4n) is 4.17. The van der Waals surface area contributed by atoms with Gasteiger partial charge in [0.2, 0.25) is 0 Å². The van der Waals surface area contributed by atoms with E-state index in [2.05, 4.69) is 33.8 Å². The molecular weight excluding hydrogens is 204 g/mol. The minimum atomic E-state index is 0.527. The molecule has 0 heteroatoms. The van der Waals surface area contributed by atoms with Gasteiger partial charge in [-0.2, -0.15) is 0 Å². The molecule has 0 aromatic heterocycles. The monoisotopic (exact) mass is 234 g/mol. The number of hydrogen-bond acceptors (Lipinski definition) is 0. The molecule has 0 nitrogen and oxygen atoms in total. The molecule has 2 rings (SSSR count). The van der Waals surface area contributed by atoms with E-state index < -0.39 is 0 Å². The summed E-state index contributed by atoms with van der Waals surface area (Å²) in [5, 5.41) is 0. The molecule has 0 aliphatic heterocycles. The second-order valence-electron chi connectivity index (χ2n) is 6.93. The summed E-state index contributed by atoms with van der Waals surface area (Å²) in [6, 6.07) is 0. The summed E-state index contributed by atoms with van der Waals surface area (Å²) in [6.07, 6.45) is 12.5. The van der Waals surface area contributed by atoms with Gasteiger partial charge in [0.05, 0.1) is 0 Å². The lowest BCUT2D eigenvalue weighted by Gasteiger charge is -2.49. The zero-order valence-corrected chi connectivity index (χ0v) is 12.3. The summed E-state index contributed by atoms with van der Waals surface area (Å²) < 4.78 is 0. The van der Waals surface area contributed by atoms with Gasteiger partial charge in [-0.15, -0.1) is 0 Å². The molecule has 2 aliphatic rings. The van der Waals surface area contributed by atoms with E-state index in [0.29, 0.717) is 5.41 Å². The van der Waals surface area contributed by atoms with Crippen LogP contribution in [-0.4, -0.2) is 0 Å². The second-order valence-corrected chi connectivity index (χ2v) is 6.93. The highest BCUT2D eigenvalue weighted by atomic mass is 14.5. The SMILES string of the molecule is CCCC[C@@]1(C)C2=CCC(C)CC2CCC1C. The molecule has 3 unspecified atom stereocenters. The highest BCUT2D eigenvalue weighted by molar-refractivity contribution is 5.23. The molecule has 1 fully saturated rings. The van der Waals surface area contributed by atoms with Crippen LogP contribution in [0.2, 0.25) is 0 Å². The number of unbranched alkanes of at least 4 members (excludes halogenated alkanes) is 1. The number of rotatable bonds is 3. The Morgan fingerprint density at radius 3 is 2.76 bits per heavy atom. The van der Waals surface area contributed by atoms with Crippen LogP contribution in [0, 0.1) is 23.2 Å². The van der Waals surface area contributed by atoms with E-state index in [0.717, 1.165) is 17.8 Å². The van der Waals surface area contributed by atoms with Gasteiger partial charge in [-0.1, -0.05) is 52.2 Å². The van der Waals surface area contributed by atoms with Gasteiger partial charge in [0.25, 0.3) is 0 Å². The van der Waals surface area contributed by atoms with Gasteiger partial charge in [-0.05, 0) is 55.3 Å². The summed E-state index contributed by atoms with van der Waals surface area (Å²) in [7, 11) is 0. The predicted molar refractivity (Wildman–Crippen MR) is 76.0 cm³/mol. The number of fused-ring (bicyclic) bond motifs is 1. The molecule has 0 radical (unpaired) electrons. The summed E-state index contributed by atoms with van der Waals surface area (Å²) in [6.45, 7) is 9.80. The predicted octanol–water partition coefficient (Wildman–Crippen LogP) is 5.59. The van der Waals surface area contributed by atoms with Crippen LogP contribution in [0.3, 0.4) is 0 Å². The van der Waals surface area contributed by atoms with Crippen molar-refractivity contribution in [1.82, 2.24) is 0 Å². The summed E-state index contributed by atoms with van der Waals surface area (Å²) in [5.41, 5.74) is 2.38. The fourth-order valence-corrected chi connectivity index (χ4v) is 4.17. The lowest BCUT2D eigenvalue weighted by molar-refractivity contribution is 0.133. The van der Waals surface area contributed by atoms with Crippen molar-refractivity contribution in [2.75, 3.05) is 0 Å². The molecule has 1 saturated carbocycles. The average Bonchev–Trinajstić information content (AvgIpc) is 2.32. The molecule has 0 aromatic carbocycles. The van der Waals surface area contributed by atoms with Crippen LogP contribution in [0.1, 0.15) is 72.6 Å². The fraction of sp³-hybridized carbons (Fsp3) is 0.882. The van der Waals surface area contributed by atoms with Crippen molar-refractivity contribution >= 4 is 0 Å². The molecule has 2 aliphatic carbocycles. The molecule has 0 bridgehead atoms. The molecule has 0 heterocycles. The third-order valence-electron chi connectivity index (χ3n) is 5.61. The van der Waals surface area contributed by atoms with Gasteiger partial charge in [-0.3, -0.25) is 0 Å². The maximum Gasteiger partial charge on any atom is -0.00880 e. The van der Waals surface area contributed by atoms with Crippen LogP contribution in [0.25, 0.3) is 0 Å². The lowest BCUT2D eigenvalue weighted by Crippen LogP contribution is -2.38. The molecule has 98 valence electrons. The molecule has 0 spiro atoms. The molecule has 0 saturated heterocycles. The van der Waals surface area contributed by atoms with E-state index in [9.17, 15) is 0 Å². The topological polar surface area (TPSA) is 0 Å². The van der Waals surface area contributed by atoms with Crippen molar-refractivity contribution in [3.8, 4) is 0 Å². The van der Waals surface area contributed by atoms with E-state index in [4.69, 9.17) is 0 Å². The molecule has 0 N–H and O–H groups in total. The Morgan fingerprint density at radius 1 is 1.29 bits per heavy atom. The quantitative estimate of drug-likeness (QED) is 0.559. The Bertz CT molecular complexity index is 288. The maximum absolute atomic E-state index is 2.63. The highest BCUT2D eigenvalue weighted by Gasteiger charge is 2.42. The first-order chi connectivity index (χ1) is 8.08. The first kappa shape index (κ1) is 13.2. The van der Waals surface area contributed by atoms with E-state index in [-0.39, 0.29) is 0 Å². The first-order valence-corrected chi connectivity index (χ1v) is 7.78. The smallest absolute Gasteiger partial charge is 0.00880 e. The Morgan fingerprint density at radius 2 is 2.06 bits per heavy atom. The van der Waals surface area contributed by atoms with Crippen LogP contribution >= 0.6 is 0 Å². The van der Waals surface area contributed by atoms with Crippen molar-refractivity contribution < 1.29 is 0 Å². The molecule has 4 atom stereocenters. The summed E-state index contributed by atoms with van der Waals surface area (Å²) >= 11 is 0. The van der Waals surface area contributed by atoms with Crippen molar-refractivity contribution in [1.29, 1.82) is 0 Å². The van der Waals surface area contributed by atoms with Gasteiger partial charge in [0, 0.05) is 0 Å². The third kappa shape index (κ3) is 2.46. The van der Waals surface area contributed by atoms with E-state index in [1.54, 1.807) is 0 Å². The average molecular weight is 234 g/mol. The Hall–Kier alpha value is -0.260. The Labute approximate surface area is 108 Å². The highest BCUT2D eigenvalue weighted by Crippen LogP contribution is 2.53. The van der Waals surface area contributed by atoms with Gasteiger partial charge in [0.1, 0.15) is 0 Å². The van der Waals surface area contributed by atoms with Crippen molar-refractivity contribution in [2.45, 2.75) is 72.6 Å². The Kier molecular flexibility index (Phi) is 4.00. The zero-order chi connectivity index (χ0) is 12.5. The van der Waals surface area contributed by atoms with E-state index in [1.807, 2.05) is 5.57 Å². The standard InChI is InChI=1S/C17H30/c1-5-6-11-17(4)14(3)8-9-15-12-13(2)7-10-16(15)17/h10,13-15H,5-9,11-12H2,1-4H3/t13?,14?,15?,17-/m1/s1. The van der Waals surface area contributed by atoms with Crippen LogP contribution in [0.4, 0.5) is 0 Å². The number of hydrogen-bond donors (Lipinski definition) is 0. The largest absolute Gasteiger partial charge is 0.0842 e. The molecule has 0 amide bonds.